The zero-order chi connectivity index (χ0) is 9.72. The van der Waals surface area contributed by atoms with Crippen LogP contribution in [0.1, 0.15) is 6.92 Å². The van der Waals surface area contributed by atoms with Crippen LogP contribution in [0.3, 0.4) is 0 Å². The molecule has 0 unspecified atom stereocenters. The summed E-state index contributed by atoms with van der Waals surface area (Å²) >= 11 is 0. The summed E-state index contributed by atoms with van der Waals surface area (Å²) in [6.07, 6.45) is 0. The van der Waals surface area contributed by atoms with Gasteiger partial charge in [-0.05, 0) is 6.92 Å². The van der Waals surface area contributed by atoms with E-state index in [9.17, 15) is 14.9 Å². The second kappa shape index (κ2) is 4.32. The summed E-state index contributed by atoms with van der Waals surface area (Å²) in [5.41, 5.74) is -0.396. The lowest BCUT2D eigenvalue weighted by Gasteiger charge is -2.00. The van der Waals surface area contributed by atoms with Crippen molar-refractivity contribution in [2.45, 2.75) is 6.92 Å². The highest BCUT2D eigenvalue weighted by Gasteiger charge is 2.25. The van der Waals surface area contributed by atoms with Gasteiger partial charge in [0.1, 0.15) is 0 Å². The number of carbonyl (C=O) groups excluding carboxylic acids is 1. The number of allylic oxidation sites excluding steroid dienone is 1. The maximum absolute atomic E-state index is 10.8. The van der Waals surface area contributed by atoms with Gasteiger partial charge in [-0.2, -0.15) is 0 Å². The fourth-order valence-electron chi connectivity index (χ4n) is 0.580. The molecule has 0 aliphatic heterocycles. The molecule has 0 radical (unpaired) electrons. The van der Waals surface area contributed by atoms with E-state index in [0.717, 1.165) is 7.11 Å². The minimum Gasteiger partial charge on any atom is -0.461 e. The molecule has 68 valence electrons. The number of esters is 1. The van der Waals surface area contributed by atoms with E-state index in [1.54, 1.807) is 0 Å². The van der Waals surface area contributed by atoms with Gasteiger partial charge in [-0.15, -0.1) is 0 Å². The maximum Gasteiger partial charge on any atom is 0.411 e. The topological polar surface area (TPSA) is 81.5 Å². The van der Waals surface area contributed by atoms with E-state index in [1.807, 2.05) is 0 Å². The number of rotatable bonds is 3. The van der Waals surface area contributed by atoms with Gasteiger partial charge in [0.05, 0.1) is 17.7 Å². The number of methoxy groups -OCH3 is 1. The van der Waals surface area contributed by atoms with Crippen LogP contribution in [-0.4, -0.2) is 25.1 Å². The number of hydrogen-bond acceptors (Lipinski definition) is 5. The predicted octanol–water partition coefficient (Wildman–Crippen LogP) is -0.113. The van der Waals surface area contributed by atoms with Crippen molar-refractivity contribution in [3.63, 3.8) is 0 Å². The van der Waals surface area contributed by atoms with Gasteiger partial charge >= 0.3 is 11.7 Å². The van der Waals surface area contributed by atoms with Gasteiger partial charge < -0.3 is 10.1 Å². The minimum absolute atomic E-state index is 0.173. The first-order valence-corrected chi connectivity index (χ1v) is 3.16. The molecule has 0 amide bonds. The Hall–Kier alpha value is -1.59. The second-order valence-corrected chi connectivity index (χ2v) is 1.97. The molecule has 0 rings (SSSR count). The number of hydrogen-bond donors (Lipinski definition) is 1. The van der Waals surface area contributed by atoms with Crippen LogP contribution in [0.5, 0.6) is 0 Å². The lowest BCUT2D eigenvalue weighted by Crippen LogP contribution is -2.19. The van der Waals surface area contributed by atoms with Crippen LogP contribution < -0.4 is 5.32 Å². The van der Waals surface area contributed by atoms with Crippen molar-refractivity contribution in [1.29, 1.82) is 0 Å². The summed E-state index contributed by atoms with van der Waals surface area (Å²) < 4.78 is 4.22. The molecule has 0 aromatic rings. The molecule has 6 nitrogen and oxygen atoms in total. The first kappa shape index (κ1) is 10.4. The fraction of sp³-hybridized carbons (Fsp3) is 0.500. The van der Waals surface area contributed by atoms with Gasteiger partial charge in [0.25, 0.3) is 0 Å². The van der Waals surface area contributed by atoms with Crippen molar-refractivity contribution in [2.75, 3.05) is 14.2 Å². The lowest BCUT2D eigenvalue weighted by atomic mass is 10.3. The maximum atomic E-state index is 10.8. The van der Waals surface area contributed by atoms with Crippen LogP contribution >= 0.6 is 0 Å². The Bertz CT molecular complexity index is 234. The van der Waals surface area contributed by atoms with Gasteiger partial charge in [0.2, 0.25) is 0 Å². The summed E-state index contributed by atoms with van der Waals surface area (Å²) in [7, 11) is 2.58. The molecule has 0 aliphatic rings. The summed E-state index contributed by atoms with van der Waals surface area (Å²) in [6, 6.07) is 0. The van der Waals surface area contributed by atoms with Crippen LogP contribution in [0.15, 0.2) is 11.4 Å². The Balaban J connectivity index is 4.91. The van der Waals surface area contributed by atoms with E-state index in [2.05, 4.69) is 10.1 Å². The SMILES string of the molecule is CN/C(C)=C(/C(=O)OC)[N+](=O)[O-]. The predicted molar refractivity (Wildman–Crippen MR) is 40.8 cm³/mol. The Morgan fingerprint density at radius 2 is 2.08 bits per heavy atom. The fourth-order valence-corrected chi connectivity index (χ4v) is 0.580. The molecule has 0 aliphatic carbocycles. The van der Waals surface area contributed by atoms with E-state index < -0.39 is 16.6 Å². The smallest absolute Gasteiger partial charge is 0.411 e. The molecule has 0 saturated carbocycles. The van der Waals surface area contributed by atoms with Crippen molar-refractivity contribution in [3.05, 3.63) is 21.5 Å². The van der Waals surface area contributed by atoms with Gasteiger partial charge in [0.15, 0.2) is 0 Å². The molecule has 0 spiro atoms. The third-order valence-electron chi connectivity index (χ3n) is 1.29. The third-order valence-corrected chi connectivity index (χ3v) is 1.29. The zero-order valence-electron chi connectivity index (χ0n) is 7.08. The number of nitro groups is 1. The molecule has 12 heavy (non-hydrogen) atoms. The first-order valence-electron chi connectivity index (χ1n) is 3.16. The minimum atomic E-state index is -0.952. The van der Waals surface area contributed by atoms with Gasteiger partial charge in [0, 0.05) is 7.05 Å². The lowest BCUT2D eigenvalue weighted by molar-refractivity contribution is -0.422. The zero-order valence-corrected chi connectivity index (χ0v) is 7.08. The molecule has 0 heterocycles. The van der Waals surface area contributed by atoms with Gasteiger partial charge in [-0.25, -0.2) is 4.79 Å². The summed E-state index contributed by atoms with van der Waals surface area (Å²) in [5, 5.41) is 12.8. The van der Waals surface area contributed by atoms with Crippen molar-refractivity contribution < 1.29 is 14.5 Å². The molecule has 0 atom stereocenters. The summed E-state index contributed by atoms with van der Waals surface area (Å²) in [4.78, 5) is 20.3. The van der Waals surface area contributed by atoms with Gasteiger partial charge in [-0.3, -0.25) is 10.1 Å². The molecule has 0 fully saturated rings. The largest absolute Gasteiger partial charge is 0.461 e. The average molecular weight is 174 g/mol. The Morgan fingerprint density at radius 3 is 2.33 bits per heavy atom. The van der Waals surface area contributed by atoms with E-state index in [4.69, 9.17) is 0 Å². The molecule has 0 bridgehead atoms. The number of ether oxygens (including phenoxy) is 1. The Kier molecular flexibility index (Phi) is 3.75. The molecule has 1 N–H and O–H groups in total. The van der Waals surface area contributed by atoms with Crippen LogP contribution in [0.4, 0.5) is 0 Å². The average Bonchev–Trinajstić information content (AvgIpc) is 2.03. The molecular weight excluding hydrogens is 164 g/mol. The normalized spacial score (nSPS) is 11.6. The molecule has 0 saturated heterocycles. The highest BCUT2D eigenvalue weighted by Crippen LogP contribution is 2.03. The van der Waals surface area contributed by atoms with Gasteiger partial charge in [-0.1, -0.05) is 0 Å². The van der Waals surface area contributed by atoms with Crippen LogP contribution in [-0.2, 0) is 9.53 Å². The van der Waals surface area contributed by atoms with E-state index in [0.29, 0.717) is 0 Å². The Labute approximate surface area is 69.4 Å². The number of carbonyl (C=O) groups is 1. The molecule has 0 aromatic carbocycles. The third kappa shape index (κ3) is 2.22. The van der Waals surface area contributed by atoms with E-state index in [-0.39, 0.29) is 5.70 Å². The quantitative estimate of drug-likeness (QED) is 0.279. The van der Waals surface area contributed by atoms with E-state index >= 15 is 0 Å². The van der Waals surface area contributed by atoms with Crippen LogP contribution in [0.2, 0.25) is 0 Å². The first-order chi connectivity index (χ1) is 5.54. The number of nitrogens with zero attached hydrogens (tertiary/aromatic N) is 1. The monoisotopic (exact) mass is 174 g/mol. The molecular formula is C6H10N2O4. The number of nitrogens with one attached hydrogen (secondary N) is 1. The summed E-state index contributed by atoms with van der Waals surface area (Å²) in [5.74, 6) is -0.952. The molecule has 0 aromatic heterocycles. The Morgan fingerprint density at radius 1 is 1.58 bits per heavy atom. The standard InChI is InChI=1S/C6H10N2O4/c1-4(7-2)5(8(10)11)6(9)12-3/h7H,1-3H3/b5-4-. The highest BCUT2D eigenvalue weighted by atomic mass is 16.6. The van der Waals surface area contributed by atoms with Crippen molar-refractivity contribution in [2.24, 2.45) is 0 Å². The van der Waals surface area contributed by atoms with Crippen molar-refractivity contribution in [3.8, 4) is 0 Å². The van der Waals surface area contributed by atoms with Crippen LogP contribution in [0.25, 0.3) is 0 Å². The molecule has 6 heteroatoms. The summed E-state index contributed by atoms with van der Waals surface area (Å²) in [6.45, 7) is 1.43. The highest BCUT2D eigenvalue weighted by molar-refractivity contribution is 5.86. The van der Waals surface area contributed by atoms with Crippen molar-refractivity contribution >= 4 is 5.97 Å². The van der Waals surface area contributed by atoms with Crippen molar-refractivity contribution in [1.82, 2.24) is 5.32 Å². The van der Waals surface area contributed by atoms with Crippen LogP contribution in [0, 0.1) is 10.1 Å². The second-order valence-electron chi connectivity index (χ2n) is 1.97. The van der Waals surface area contributed by atoms with E-state index in [1.165, 1.54) is 14.0 Å².